The summed E-state index contributed by atoms with van der Waals surface area (Å²) in [5.74, 6) is 1.18. The van der Waals surface area contributed by atoms with Crippen molar-refractivity contribution >= 4 is 11.7 Å². The van der Waals surface area contributed by atoms with Crippen LogP contribution < -0.4 is 15.8 Å². The topological polar surface area (TPSA) is 60.5 Å². The van der Waals surface area contributed by atoms with E-state index in [1.807, 2.05) is 29.3 Å². The van der Waals surface area contributed by atoms with Gasteiger partial charge in [-0.2, -0.15) is 0 Å². The van der Waals surface area contributed by atoms with Crippen LogP contribution in [0.4, 0.5) is 5.82 Å². The molecule has 2 unspecified atom stereocenters. The highest BCUT2D eigenvalue weighted by atomic mass is 16.2. The number of aromatic nitrogens is 1. The third-order valence-corrected chi connectivity index (χ3v) is 5.70. The van der Waals surface area contributed by atoms with Crippen molar-refractivity contribution in [2.24, 2.45) is 0 Å². The second-order valence-electron chi connectivity index (χ2n) is 7.47. The zero-order valence-electron chi connectivity index (χ0n) is 16.0. The molecule has 2 fully saturated rings. The summed E-state index contributed by atoms with van der Waals surface area (Å²) in [7, 11) is 0. The van der Waals surface area contributed by atoms with Crippen LogP contribution in [0, 0.1) is 13.8 Å². The number of rotatable bonds is 3. The average Bonchev–Trinajstić information content (AvgIpc) is 3.20. The lowest BCUT2D eigenvalue weighted by Crippen LogP contribution is -2.53. The van der Waals surface area contributed by atoms with Crippen LogP contribution in [0.2, 0.25) is 0 Å². The molecule has 2 aliphatic rings. The third kappa shape index (κ3) is 3.82. The summed E-state index contributed by atoms with van der Waals surface area (Å²) in [4.78, 5) is 21.5. The molecule has 0 bridgehead atoms. The molecular formula is C21H27N5O. The van der Waals surface area contributed by atoms with Gasteiger partial charge in [0, 0.05) is 38.4 Å². The van der Waals surface area contributed by atoms with Crippen LogP contribution >= 0.6 is 0 Å². The Morgan fingerprint density at radius 1 is 1.04 bits per heavy atom. The lowest BCUT2D eigenvalue weighted by atomic mass is 9.98. The van der Waals surface area contributed by atoms with E-state index in [4.69, 9.17) is 0 Å². The molecule has 1 aromatic heterocycles. The van der Waals surface area contributed by atoms with E-state index in [-0.39, 0.29) is 18.0 Å². The number of pyridine rings is 1. The molecule has 2 aromatic rings. The van der Waals surface area contributed by atoms with Gasteiger partial charge in [0.2, 0.25) is 5.91 Å². The van der Waals surface area contributed by atoms with Crippen molar-refractivity contribution in [2.45, 2.75) is 32.4 Å². The van der Waals surface area contributed by atoms with E-state index in [0.29, 0.717) is 0 Å². The number of nitrogens with one attached hydrogen (secondary N) is 2. The second kappa shape index (κ2) is 7.66. The molecule has 0 saturated carbocycles. The molecule has 0 radical (unpaired) electrons. The van der Waals surface area contributed by atoms with Gasteiger partial charge in [-0.25, -0.2) is 15.8 Å². The molecule has 6 heteroatoms. The molecule has 142 valence electrons. The fourth-order valence-corrected chi connectivity index (χ4v) is 3.84. The van der Waals surface area contributed by atoms with Crippen molar-refractivity contribution < 1.29 is 4.79 Å². The maximum absolute atomic E-state index is 12.9. The lowest BCUT2D eigenvalue weighted by molar-refractivity contribution is -0.133. The van der Waals surface area contributed by atoms with Crippen LogP contribution in [-0.4, -0.2) is 48.0 Å². The highest BCUT2D eigenvalue weighted by molar-refractivity contribution is 5.82. The molecule has 1 aromatic carbocycles. The number of carbonyl (C=O) groups is 1. The largest absolute Gasteiger partial charge is 0.353 e. The molecule has 6 nitrogen and oxygen atoms in total. The minimum Gasteiger partial charge on any atom is -0.353 e. The van der Waals surface area contributed by atoms with Gasteiger partial charge in [-0.1, -0.05) is 24.3 Å². The van der Waals surface area contributed by atoms with Crippen LogP contribution in [0.15, 0.2) is 42.6 Å². The summed E-state index contributed by atoms with van der Waals surface area (Å²) in [6.07, 6.45) is 2.59. The minimum atomic E-state index is -0.169. The van der Waals surface area contributed by atoms with Crippen LogP contribution in [0.1, 0.15) is 29.2 Å². The van der Waals surface area contributed by atoms with Gasteiger partial charge >= 0.3 is 0 Å². The van der Waals surface area contributed by atoms with Gasteiger partial charge in [0.15, 0.2) is 0 Å². The average molecular weight is 365 g/mol. The zero-order chi connectivity index (χ0) is 18.8. The van der Waals surface area contributed by atoms with Gasteiger partial charge in [-0.05, 0) is 49.1 Å². The molecule has 2 saturated heterocycles. The van der Waals surface area contributed by atoms with Crippen molar-refractivity contribution in [2.75, 3.05) is 31.1 Å². The fourth-order valence-electron chi connectivity index (χ4n) is 3.84. The molecule has 0 aliphatic carbocycles. The number of hydrogen-bond donors (Lipinski definition) is 2. The van der Waals surface area contributed by atoms with Crippen LogP contribution in [0.5, 0.6) is 0 Å². The Morgan fingerprint density at radius 2 is 1.85 bits per heavy atom. The maximum Gasteiger partial charge on any atom is 0.241 e. The van der Waals surface area contributed by atoms with Gasteiger partial charge in [-0.15, -0.1) is 0 Å². The Morgan fingerprint density at radius 3 is 2.56 bits per heavy atom. The van der Waals surface area contributed by atoms with Crippen LogP contribution in [0.3, 0.4) is 0 Å². The van der Waals surface area contributed by atoms with E-state index >= 15 is 0 Å². The molecule has 4 rings (SSSR count). The van der Waals surface area contributed by atoms with E-state index < -0.39 is 0 Å². The number of benzene rings is 1. The summed E-state index contributed by atoms with van der Waals surface area (Å²) in [6.45, 7) is 7.37. The van der Waals surface area contributed by atoms with Crippen molar-refractivity contribution in [3.05, 3.63) is 59.3 Å². The van der Waals surface area contributed by atoms with Crippen molar-refractivity contribution in [3.63, 3.8) is 0 Å². The summed E-state index contributed by atoms with van der Waals surface area (Å²) in [5.41, 5.74) is 10.3. The third-order valence-electron chi connectivity index (χ3n) is 5.70. The molecule has 3 heterocycles. The quantitative estimate of drug-likeness (QED) is 0.871. The fraction of sp³-hybridized carbons (Fsp3) is 0.429. The number of amides is 1. The van der Waals surface area contributed by atoms with E-state index in [0.717, 1.165) is 38.4 Å². The van der Waals surface area contributed by atoms with Crippen molar-refractivity contribution in [1.82, 2.24) is 20.7 Å². The van der Waals surface area contributed by atoms with Gasteiger partial charge in [0.25, 0.3) is 0 Å². The van der Waals surface area contributed by atoms with Gasteiger partial charge in [-0.3, -0.25) is 4.79 Å². The van der Waals surface area contributed by atoms with Crippen molar-refractivity contribution in [3.8, 4) is 0 Å². The summed E-state index contributed by atoms with van der Waals surface area (Å²) in [5, 5.41) is 0. The SMILES string of the molecule is Cc1ccc(C2CC(C(=O)N3CCN(c4ccccn4)CC3)NN2)cc1C. The van der Waals surface area contributed by atoms with E-state index in [1.54, 1.807) is 0 Å². The lowest BCUT2D eigenvalue weighted by Gasteiger charge is -2.36. The number of anilines is 1. The first-order chi connectivity index (χ1) is 13.1. The second-order valence-corrected chi connectivity index (χ2v) is 7.47. The highest BCUT2D eigenvalue weighted by Gasteiger charge is 2.34. The predicted molar refractivity (Wildman–Crippen MR) is 106 cm³/mol. The Balaban J connectivity index is 1.33. The number of hydrazine groups is 1. The van der Waals surface area contributed by atoms with Gasteiger partial charge in [0.05, 0.1) is 0 Å². The monoisotopic (exact) mass is 365 g/mol. The molecular weight excluding hydrogens is 338 g/mol. The molecule has 1 amide bonds. The maximum atomic E-state index is 12.9. The number of piperazine rings is 1. The first-order valence-corrected chi connectivity index (χ1v) is 9.65. The van der Waals surface area contributed by atoms with E-state index in [9.17, 15) is 4.79 Å². The van der Waals surface area contributed by atoms with Gasteiger partial charge in [0.1, 0.15) is 11.9 Å². The minimum absolute atomic E-state index is 0.169. The molecule has 2 N–H and O–H groups in total. The van der Waals surface area contributed by atoms with E-state index in [2.05, 4.69) is 52.8 Å². The standard InChI is InChI=1S/C21H27N5O/c1-15-6-7-17(13-16(15)2)18-14-19(24-23-18)21(27)26-11-9-25(10-12-26)20-5-3-4-8-22-20/h3-8,13,18-19,23-24H,9-12,14H2,1-2H3. The smallest absolute Gasteiger partial charge is 0.241 e. The molecule has 0 spiro atoms. The Labute approximate surface area is 160 Å². The number of aryl methyl sites for hydroxylation is 2. The van der Waals surface area contributed by atoms with E-state index in [1.165, 1.54) is 16.7 Å². The first-order valence-electron chi connectivity index (χ1n) is 9.65. The Bertz CT molecular complexity index is 801. The summed E-state index contributed by atoms with van der Waals surface area (Å²) in [6, 6.07) is 12.5. The zero-order valence-corrected chi connectivity index (χ0v) is 16.0. The normalized spacial score (nSPS) is 22.9. The highest BCUT2D eigenvalue weighted by Crippen LogP contribution is 2.25. The van der Waals surface area contributed by atoms with Gasteiger partial charge < -0.3 is 9.80 Å². The van der Waals surface area contributed by atoms with Crippen LogP contribution in [-0.2, 0) is 4.79 Å². The molecule has 27 heavy (non-hydrogen) atoms. The molecule has 2 atom stereocenters. The van der Waals surface area contributed by atoms with Crippen molar-refractivity contribution in [1.29, 1.82) is 0 Å². The number of hydrogen-bond acceptors (Lipinski definition) is 5. The Kier molecular flexibility index (Phi) is 5.09. The number of carbonyl (C=O) groups excluding carboxylic acids is 1. The number of nitrogens with zero attached hydrogens (tertiary/aromatic N) is 3. The van der Waals surface area contributed by atoms with Crippen LogP contribution in [0.25, 0.3) is 0 Å². The summed E-state index contributed by atoms with van der Waals surface area (Å²) >= 11 is 0. The summed E-state index contributed by atoms with van der Waals surface area (Å²) < 4.78 is 0. The Hall–Kier alpha value is -2.44. The molecule has 2 aliphatic heterocycles. The predicted octanol–water partition coefficient (Wildman–Crippen LogP) is 1.95. The first kappa shape index (κ1) is 17.9.